The molecule has 0 aromatic carbocycles. The highest BCUT2D eigenvalue weighted by molar-refractivity contribution is 5.83. The molecule has 0 radical (unpaired) electrons. The van der Waals surface area contributed by atoms with Gasteiger partial charge in [-0.15, -0.1) is 0 Å². The number of hydrogen-bond acceptors (Lipinski definition) is 3. The summed E-state index contributed by atoms with van der Waals surface area (Å²) < 4.78 is 0. The van der Waals surface area contributed by atoms with Crippen molar-refractivity contribution in [2.45, 2.75) is 57.5 Å². The largest absolute Gasteiger partial charge is 0.358 e. The first-order chi connectivity index (χ1) is 8.63. The normalized spacial score (nSPS) is 18.8. The topological polar surface area (TPSA) is 70.2 Å². The molecule has 1 rings (SSSR count). The van der Waals surface area contributed by atoms with Crippen molar-refractivity contribution in [3.8, 4) is 0 Å². The van der Waals surface area contributed by atoms with Crippen molar-refractivity contribution in [3.05, 3.63) is 0 Å². The molecule has 0 bridgehead atoms. The average Bonchev–Trinajstić information content (AvgIpc) is 2.63. The van der Waals surface area contributed by atoms with Crippen molar-refractivity contribution in [3.63, 3.8) is 0 Å². The highest BCUT2D eigenvalue weighted by Crippen LogP contribution is 2.16. The lowest BCUT2D eigenvalue weighted by atomic mass is 10.1. The lowest BCUT2D eigenvalue weighted by Gasteiger charge is -2.17. The minimum atomic E-state index is -0.338. The van der Waals surface area contributed by atoms with Crippen LogP contribution in [0.4, 0.5) is 0 Å². The van der Waals surface area contributed by atoms with Crippen molar-refractivity contribution < 1.29 is 9.59 Å². The standard InChI is InChI=1S/C13H25N3O2/c1-10(13(18)14-2)15-9-12(17)16-11-7-5-3-4-6-8-11/h10-11,15H,3-9H2,1-2H3,(H,14,18)(H,16,17). The van der Waals surface area contributed by atoms with E-state index in [2.05, 4.69) is 16.0 Å². The predicted octanol–water partition coefficient (Wildman–Crippen LogP) is 0.549. The molecule has 5 nitrogen and oxygen atoms in total. The van der Waals surface area contributed by atoms with Gasteiger partial charge in [0.05, 0.1) is 12.6 Å². The van der Waals surface area contributed by atoms with E-state index in [-0.39, 0.29) is 24.4 Å². The summed E-state index contributed by atoms with van der Waals surface area (Å²) in [5.74, 6) is -0.116. The molecule has 1 fully saturated rings. The van der Waals surface area contributed by atoms with Crippen LogP contribution in [0.2, 0.25) is 0 Å². The van der Waals surface area contributed by atoms with Crippen LogP contribution in [0, 0.1) is 0 Å². The summed E-state index contributed by atoms with van der Waals surface area (Å²) in [6.07, 6.45) is 7.12. The molecule has 0 spiro atoms. The van der Waals surface area contributed by atoms with Crippen molar-refractivity contribution in [2.24, 2.45) is 0 Å². The van der Waals surface area contributed by atoms with Crippen LogP contribution in [0.5, 0.6) is 0 Å². The summed E-state index contributed by atoms with van der Waals surface area (Å²) in [4.78, 5) is 23.0. The van der Waals surface area contributed by atoms with Crippen LogP contribution >= 0.6 is 0 Å². The van der Waals surface area contributed by atoms with Gasteiger partial charge in [-0.2, -0.15) is 0 Å². The van der Waals surface area contributed by atoms with Crippen LogP contribution in [0.3, 0.4) is 0 Å². The molecule has 2 amide bonds. The Balaban J connectivity index is 2.22. The second-order valence-electron chi connectivity index (χ2n) is 4.97. The van der Waals surface area contributed by atoms with E-state index in [0.29, 0.717) is 6.04 Å². The van der Waals surface area contributed by atoms with Crippen LogP contribution in [0.15, 0.2) is 0 Å². The molecule has 1 saturated carbocycles. The monoisotopic (exact) mass is 255 g/mol. The molecule has 0 heterocycles. The summed E-state index contributed by atoms with van der Waals surface area (Å²) in [5.41, 5.74) is 0. The SMILES string of the molecule is CNC(=O)C(C)NCC(=O)NC1CCCCCC1. The number of nitrogens with one attached hydrogen (secondary N) is 3. The molecule has 5 heteroatoms. The van der Waals surface area contributed by atoms with E-state index in [4.69, 9.17) is 0 Å². The highest BCUT2D eigenvalue weighted by Gasteiger charge is 2.16. The van der Waals surface area contributed by atoms with Gasteiger partial charge in [0.25, 0.3) is 0 Å². The number of carbonyl (C=O) groups is 2. The molecule has 0 saturated heterocycles. The fourth-order valence-corrected chi connectivity index (χ4v) is 2.26. The van der Waals surface area contributed by atoms with E-state index in [1.54, 1.807) is 14.0 Å². The van der Waals surface area contributed by atoms with Gasteiger partial charge in [-0.1, -0.05) is 25.7 Å². The van der Waals surface area contributed by atoms with E-state index in [0.717, 1.165) is 12.8 Å². The van der Waals surface area contributed by atoms with E-state index < -0.39 is 0 Å². The Labute approximate surface area is 109 Å². The zero-order valence-electron chi connectivity index (χ0n) is 11.4. The van der Waals surface area contributed by atoms with E-state index in [1.807, 2.05) is 0 Å². The third-order valence-corrected chi connectivity index (χ3v) is 3.43. The molecule has 1 atom stereocenters. The number of likely N-dealkylation sites (N-methyl/N-ethyl adjacent to an activating group) is 1. The predicted molar refractivity (Wildman–Crippen MR) is 71.2 cm³/mol. The van der Waals surface area contributed by atoms with Crippen LogP contribution in [0.1, 0.15) is 45.4 Å². The van der Waals surface area contributed by atoms with Crippen molar-refractivity contribution in [1.29, 1.82) is 0 Å². The Hall–Kier alpha value is -1.10. The number of rotatable bonds is 5. The lowest BCUT2D eigenvalue weighted by Crippen LogP contribution is -2.46. The molecule has 1 unspecified atom stereocenters. The quantitative estimate of drug-likeness (QED) is 0.628. The molecule has 104 valence electrons. The average molecular weight is 255 g/mol. The summed E-state index contributed by atoms with van der Waals surface area (Å²) in [5, 5.41) is 8.50. The van der Waals surface area contributed by atoms with E-state index in [1.165, 1.54) is 25.7 Å². The maximum absolute atomic E-state index is 11.7. The van der Waals surface area contributed by atoms with Crippen molar-refractivity contribution >= 4 is 11.8 Å². The van der Waals surface area contributed by atoms with Gasteiger partial charge in [-0.25, -0.2) is 0 Å². The van der Waals surface area contributed by atoms with Gasteiger partial charge in [-0.3, -0.25) is 14.9 Å². The van der Waals surface area contributed by atoms with Crippen LogP contribution < -0.4 is 16.0 Å². The summed E-state index contributed by atoms with van der Waals surface area (Å²) in [6, 6.07) is -0.0213. The van der Waals surface area contributed by atoms with E-state index in [9.17, 15) is 9.59 Å². The Morgan fingerprint density at radius 3 is 2.33 bits per heavy atom. The van der Waals surface area contributed by atoms with Gasteiger partial charge < -0.3 is 10.6 Å². The second-order valence-corrected chi connectivity index (χ2v) is 4.97. The lowest BCUT2D eigenvalue weighted by molar-refractivity contribution is -0.123. The molecule has 1 aliphatic rings. The van der Waals surface area contributed by atoms with Crippen LogP contribution in [-0.4, -0.2) is 37.5 Å². The third-order valence-electron chi connectivity index (χ3n) is 3.43. The van der Waals surface area contributed by atoms with Crippen molar-refractivity contribution in [2.75, 3.05) is 13.6 Å². The van der Waals surface area contributed by atoms with Gasteiger partial charge in [0.2, 0.25) is 11.8 Å². The molecule has 18 heavy (non-hydrogen) atoms. The van der Waals surface area contributed by atoms with Crippen LogP contribution in [0.25, 0.3) is 0 Å². The molecular weight excluding hydrogens is 230 g/mol. The number of hydrogen-bond donors (Lipinski definition) is 3. The molecule has 0 aliphatic heterocycles. The minimum absolute atomic E-state index is 0.0161. The van der Waals surface area contributed by atoms with Crippen molar-refractivity contribution in [1.82, 2.24) is 16.0 Å². The molecular formula is C13H25N3O2. The molecule has 1 aliphatic carbocycles. The molecule has 0 aromatic rings. The van der Waals surface area contributed by atoms with Gasteiger partial charge in [-0.05, 0) is 19.8 Å². The maximum Gasteiger partial charge on any atom is 0.236 e. The molecule has 3 N–H and O–H groups in total. The first-order valence-corrected chi connectivity index (χ1v) is 6.88. The third kappa shape index (κ3) is 5.49. The maximum atomic E-state index is 11.7. The first kappa shape index (κ1) is 15.0. The van der Waals surface area contributed by atoms with Gasteiger partial charge in [0, 0.05) is 13.1 Å². The van der Waals surface area contributed by atoms with Gasteiger partial charge >= 0.3 is 0 Å². The fourth-order valence-electron chi connectivity index (χ4n) is 2.26. The second kappa shape index (κ2) is 8.08. The Morgan fingerprint density at radius 2 is 1.78 bits per heavy atom. The first-order valence-electron chi connectivity index (χ1n) is 6.88. The Bertz CT molecular complexity index is 273. The smallest absolute Gasteiger partial charge is 0.236 e. The van der Waals surface area contributed by atoms with Crippen LogP contribution in [-0.2, 0) is 9.59 Å². The zero-order chi connectivity index (χ0) is 13.4. The highest BCUT2D eigenvalue weighted by atomic mass is 16.2. The Morgan fingerprint density at radius 1 is 1.17 bits per heavy atom. The number of amides is 2. The Kier molecular flexibility index (Phi) is 6.72. The summed E-state index contributed by atoms with van der Waals surface area (Å²) in [7, 11) is 1.59. The zero-order valence-corrected chi connectivity index (χ0v) is 11.4. The van der Waals surface area contributed by atoms with E-state index >= 15 is 0 Å². The summed E-state index contributed by atoms with van der Waals surface area (Å²) in [6.45, 7) is 1.95. The van der Waals surface area contributed by atoms with Gasteiger partial charge in [0.1, 0.15) is 0 Å². The number of carbonyl (C=O) groups excluding carboxylic acids is 2. The minimum Gasteiger partial charge on any atom is -0.358 e. The van der Waals surface area contributed by atoms with Gasteiger partial charge in [0.15, 0.2) is 0 Å². The fraction of sp³-hybridized carbons (Fsp3) is 0.846. The summed E-state index contributed by atoms with van der Waals surface area (Å²) >= 11 is 0. The molecule has 0 aromatic heterocycles.